The molecule has 0 radical (unpaired) electrons. The van der Waals surface area contributed by atoms with Crippen molar-refractivity contribution in [2.45, 2.75) is 38.8 Å². The van der Waals surface area contributed by atoms with Gasteiger partial charge in [-0.05, 0) is 5.41 Å². The van der Waals surface area contributed by atoms with E-state index in [2.05, 4.69) is 5.10 Å². The third-order valence-electron chi connectivity index (χ3n) is 4.62. The van der Waals surface area contributed by atoms with Crippen LogP contribution in [-0.4, -0.2) is 15.6 Å². The van der Waals surface area contributed by atoms with Gasteiger partial charge in [0.05, 0.1) is 12.1 Å². The molecule has 26 heavy (non-hydrogen) atoms. The van der Waals surface area contributed by atoms with E-state index in [-0.39, 0.29) is 40.6 Å². The Kier molecular flexibility index (Phi) is 3.90. The van der Waals surface area contributed by atoms with E-state index < -0.39 is 23.2 Å². The lowest BCUT2D eigenvalue weighted by atomic mass is 9.70. The van der Waals surface area contributed by atoms with E-state index in [0.29, 0.717) is 11.1 Å². The van der Waals surface area contributed by atoms with Gasteiger partial charge in [0.2, 0.25) is 5.88 Å². The molecule has 0 spiro atoms. The molecular formula is C17H17F3N4O2. The van der Waals surface area contributed by atoms with Gasteiger partial charge < -0.3 is 10.5 Å². The number of nitrogens with zero attached hydrogens (tertiary/aromatic N) is 3. The number of nitriles is 1. The average Bonchev–Trinajstić information content (AvgIpc) is 2.85. The van der Waals surface area contributed by atoms with Crippen LogP contribution in [0.25, 0.3) is 0 Å². The molecule has 1 aliphatic carbocycles. The molecule has 0 aromatic carbocycles. The molecule has 0 fully saturated rings. The number of allylic oxidation sites excluding steroid dienone is 3. The number of aryl methyl sites for hydroxylation is 1. The molecule has 0 unspecified atom stereocenters. The monoisotopic (exact) mass is 366 g/mol. The van der Waals surface area contributed by atoms with E-state index in [9.17, 15) is 23.2 Å². The number of alkyl halides is 3. The molecule has 9 heteroatoms. The normalized spacial score (nSPS) is 22.8. The zero-order valence-electron chi connectivity index (χ0n) is 14.4. The van der Waals surface area contributed by atoms with E-state index in [0.717, 1.165) is 13.2 Å². The highest BCUT2D eigenvalue weighted by Crippen LogP contribution is 2.49. The van der Waals surface area contributed by atoms with Gasteiger partial charge >= 0.3 is 6.18 Å². The first-order valence-corrected chi connectivity index (χ1v) is 7.89. The third-order valence-corrected chi connectivity index (χ3v) is 4.62. The van der Waals surface area contributed by atoms with Gasteiger partial charge in [-0.25, -0.2) is 0 Å². The summed E-state index contributed by atoms with van der Waals surface area (Å²) in [5, 5.41) is 13.2. The minimum absolute atomic E-state index is 0.0635. The number of carbonyl (C=O) groups is 1. The molecule has 0 amide bonds. The molecule has 3 rings (SSSR count). The van der Waals surface area contributed by atoms with Crippen molar-refractivity contribution >= 4 is 5.78 Å². The second kappa shape index (κ2) is 5.62. The van der Waals surface area contributed by atoms with Crippen molar-refractivity contribution in [2.75, 3.05) is 0 Å². The molecule has 2 heterocycles. The fourth-order valence-corrected chi connectivity index (χ4v) is 3.61. The molecule has 1 aliphatic heterocycles. The highest BCUT2D eigenvalue weighted by Gasteiger charge is 2.47. The predicted molar refractivity (Wildman–Crippen MR) is 83.9 cm³/mol. The second-order valence-electron chi connectivity index (χ2n) is 7.27. The minimum atomic E-state index is -4.70. The standard InChI is InChI=1S/C17H17F3N4O2/c1-16(2)4-10(25)13-11(5-16)26-15(22)8(6-21)12(13)9-7-23-24(3)14(9)17(18,19)20/h7,12H,4-5,22H2,1-3H3/t12-/m0/s1. The first-order chi connectivity index (χ1) is 12.0. The number of rotatable bonds is 1. The van der Waals surface area contributed by atoms with Crippen molar-refractivity contribution in [2.24, 2.45) is 18.2 Å². The van der Waals surface area contributed by atoms with E-state index in [1.165, 1.54) is 0 Å². The number of hydrogen-bond donors (Lipinski definition) is 1. The van der Waals surface area contributed by atoms with Crippen molar-refractivity contribution in [3.63, 3.8) is 0 Å². The van der Waals surface area contributed by atoms with Crippen LogP contribution in [0, 0.1) is 16.7 Å². The Bertz CT molecular complexity index is 900. The van der Waals surface area contributed by atoms with Gasteiger partial charge in [-0.2, -0.15) is 23.5 Å². The lowest BCUT2D eigenvalue weighted by Gasteiger charge is -2.37. The maximum absolute atomic E-state index is 13.5. The zero-order chi connectivity index (χ0) is 19.4. The van der Waals surface area contributed by atoms with Gasteiger partial charge in [-0.1, -0.05) is 13.8 Å². The van der Waals surface area contributed by atoms with E-state index in [1.54, 1.807) is 6.07 Å². The van der Waals surface area contributed by atoms with Gasteiger partial charge in [0.15, 0.2) is 5.78 Å². The maximum Gasteiger partial charge on any atom is 0.433 e. The van der Waals surface area contributed by atoms with Gasteiger partial charge in [-0.15, -0.1) is 0 Å². The summed E-state index contributed by atoms with van der Waals surface area (Å²) in [4.78, 5) is 12.7. The Balaban J connectivity index is 2.27. The molecule has 0 saturated heterocycles. The van der Waals surface area contributed by atoms with E-state index in [1.807, 2.05) is 13.8 Å². The van der Waals surface area contributed by atoms with Gasteiger partial charge in [-0.3, -0.25) is 9.48 Å². The van der Waals surface area contributed by atoms with Crippen LogP contribution in [0.5, 0.6) is 0 Å². The van der Waals surface area contributed by atoms with Crippen LogP contribution in [0.4, 0.5) is 13.2 Å². The Morgan fingerprint density at radius 2 is 2.08 bits per heavy atom. The Labute approximate surface area is 147 Å². The summed E-state index contributed by atoms with van der Waals surface area (Å²) in [6.45, 7) is 3.72. The first kappa shape index (κ1) is 18.0. The summed E-state index contributed by atoms with van der Waals surface area (Å²) >= 11 is 0. The minimum Gasteiger partial charge on any atom is -0.444 e. The van der Waals surface area contributed by atoms with Crippen molar-refractivity contribution in [3.8, 4) is 6.07 Å². The predicted octanol–water partition coefficient (Wildman–Crippen LogP) is 2.89. The average molecular weight is 366 g/mol. The summed E-state index contributed by atoms with van der Waals surface area (Å²) in [6, 6.07) is 1.80. The van der Waals surface area contributed by atoms with Crippen LogP contribution in [0.3, 0.4) is 0 Å². The van der Waals surface area contributed by atoms with E-state index in [4.69, 9.17) is 10.5 Å². The summed E-state index contributed by atoms with van der Waals surface area (Å²) in [5.74, 6) is -1.64. The lowest BCUT2D eigenvalue weighted by Crippen LogP contribution is -2.34. The van der Waals surface area contributed by atoms with E-state index >= 15 is 0 Å². The number of ether oxygens (including phenoxy) is 1. The highest BCUT2D eigenvalue weighted by atomic mass is 19.4. The van der Waals surface area contributed by atoms with Crippen molar-refractivity contribution in [1.29, 1.82) is 5.26 Å². The Morgan fingerprint density at radius 3 is 2.65 bits per heavy atom. The summed E-state index contributed by atoms with van der Waals surface area (Å²) < 4.78 is 46.8. The van der Waals surface area contributed by atoms with Crippen LogP contribution < -0.4 is 5.73 Å². The molecule has 1 aromatic heterocycles. The topological polar surface area (TPSA) is 93.9 Å². The quantitative estimate of drug-likeness (QED) is 0.825. The molecule has 1 atom stereocenters. The summed E-state index contributed by atoms with van der Waals surface area (Å²) in [6.07, 6.45) is -3.19. The SMILES string of the molecule is Cn1ncc([C@@H]2C(C#N)=C(N)OC3=C2C(=O)CC(C)(C)C3)c1C(F)(F)F. The first-order valence-electron chi connectivity index (χ1n) is 7.89. The van der Waals surface area contributed by atoms with Crippen molar-refractivity contribution in [3.05, 3.63) is 40.2 Å². The highest BCUT2D eigenvalue weighted by molar-refractivity contribution is 6.00. The van der Waals surface area contributed by atoms with Crippen LogP contribution in [0.1, 0.15) is 43.9 Å². The summed E-state index contributed by atoms with van der Waals surface area (Å²) in [7, 11) is 1.16. The van der Waals surface area contributed by atoms with Gasteiger partial charge in [0.25, 0.3) is 0 Å². The maximum atomic E-state index is 13.5. The molecular weight excluding hydrogens is 349 g/mol. The fraction of sp³-hybridized carbons (Fsp3) is 0.471. The molecule has 2 aliphatic rings. The molecule has 1 aromatic rings. The number of hydrogen-bond acceptors (Lipinski definition) is 5. The van der Waals surface area contributed by atoms with Crippen LogP contribution in [0.2, 0.25) is 0 Å². The zero-order valence-corrected chi connectivity index (χ0v) is 14.4. The number of aromatic nitrogens is 2. The van der Waals surface area contributed by atoms with Gasteiger partial charge in [0, 0.05) is 31.0 Å². The van der Waals surface area contributed by atoms with Gasteiger partial charge in [0.1, 0.15) is 23.1 Å². The van der Waals surface area contributed by atoms with Crippen molar-refractivity contribution in [1.82, 2.24) is 9.78 Å². The van der Waals surface area contributed by atoms with Crippen LogP contribution in [0.15, 0.2) is 29.0 Å². The number of nitrogens with two attached hydrogens (primary N) is 1. The van der Waals surface area contributed by atoms with Crippen LogP contribution >= 0.6 is 0 Å². The number of ketones is 1. The number of carbonyl (C=O) groups excluding carboxylic acids is 1. The number of halogens is 3. The molecule has 0 bridgehead atoms. The molecule has 0 saturated carbocycles. The Morgan fingerprint density at radius 1 is 1.42 bits per heavy atom. The third kappa shape index (κ3) is 2.75. The summed E-state index contributed by atoms with van der Waals surface area (Å²) in [5.41, 5.74) is 3.95. The van der Waals surface area contributed by atoms with Crippen molar-refractivity contribution < 1.29 is 22.7 Å². The largest absolute Gasteiger partial charge is 0.444 e. The smallest absolute Gasteiger partial charge is 0.433 e. The molecule has 6 nitrogen and oxygen atoms in total. The second-order valence-corrected chi connectivity index (χ2v) is 7.27. The fourth-order valence-electron chi connectivity index (χ4n) is 3.61. The molecule has 2 N–H and O–H groups in total. The lowest BCUT2D eigenvalue weighted by molar-refractivity contribution is -0.144. The number of Topliss-reactive ketones (excluding diaryl/α,β-unsaturated/α-hetero) is 1. The Hall–Kier alpha value is -2.76. The van der Waals surface area contributed by atoms with Crippen LogP contribution in [-0.2, 0) is 22.8 Å². The molecule has 138 valence electrons.